The highest BCUT2D eigenvalue weighted by molar-refractivity contribution is 6.10. The van der Waals surface area contributed by atoms with Gasteiger partial charge in [0.05, 0.1) is 12.6 Å². The van der Waals surface area contributed by atoms with Crippen LogP contribution in [-0.4, -0.2) is 60.4 Å². The van der Waals surface area contributed by atoms with Crippen LogP contribution in [0.25, 0.3) is 0 Å². The van der Waals surface area contributed by atoms with Crippen LogP contribution in [0.3, 0.4) is 0 Å². The molecule has 1 aliphatic heterocycles. The SMILES string of the molecule is COCCCN1C[C@@]2(CC[C@H]3c4ccc(cc4C(=O)c4ccc(F)c(F)c4)C[C@@H](O)CCC(C)=CCC[C@@]32C)OC1=O. The highest BCUT2D eigenvalue weighted by Gasteiger charge is 2.63. The number of hydrogen-bond donors (Lipinski definition) is 1. The van der Waals surface area contributed by atoms with Crippen molar-refractivity contribution in [1.29, 1.82) is 0 Å². The standard InChI is InChI=1S/C34H41F2NO5/c1-22-6-4-14-33(2)28(13-15-34(33)21-37(32(40)42-34)16-5-17-41-3)26-11-8-23(18-25(38)10-7-22)19-27(26)31(39)24-9-12-29(35)30(36)20-24/h6,8-9,11-12,19-20,25,28,38H,4-5,7,10,13-18,21H2,1-3H3/t25-,28-,33-,34+/m0/s1. The lowest BCUT2D eigenvalue weighted by atomic mass is 9.64. The van der Waals surface area contributed by atoms with Gasteiger partial charge in [0.1, 0.15) is 5.60 Å². The minimum atomic E-state index is -1.07. The van der Waals surface area contributed by atoms with E-state index in [0.29, 0.717) is 57.4 Å². The molecule has 2 fully saturated rings. The fraction of sp³-hybridized carbons (Fsp3) is 0.529. The van der Waals surface area contributed by atoms with Crippen molar-refractivity contribution >= 4 is 11.9 Å². The Balaban J connectivity index is 1.60. The van der Waals surface area contributed by atoms with E-state index < -0.39 is 34.5 Å². The van der Waals surface area contributed by atoms with Crippen LogP contribution in [0.1, 0.15) is 91.8 Å². The van der Waals surface area contributed by atoms with Crippen LogP contribution in [0.15, 0.2) is 48.0 Å². The van der Waals surface area contributed by atoms with Gasteiger partial charge in [-0.3, -0.25) is 4.79 Å². The Morgan fingerprint density at radius 1 is 1.14 bits per heavy atom. The monoisotopic (exact) mass is 581 g/mol. The van der Waals surface area contributed by atoms with Gasteiger partial charge < -0.3 is 19.5 Å². The summed E-state index contributed by atoms with van der Waals surface area (Å²) in [5.41, 5.74) is 2.10. The third-order valence-electron chi connectivity index (χ3n) is 9.83. The highest BCUT2D eigenvalue weighted by atomic mass is 19.2. The number of ketones is 1. The topological polar surface area (TPSA) is 76.1 Å². The van der Waals surface area contributed by atoms with Crippen molar-refractivity contribution in [3.8, 4) is 0 Å². The molecule has 8 heteroatoms. The Hall–Kier alpha value is -3.10. The third kappa shape index (κ3) is 5.76. The second-order valence-corrected chi connectivity index (χ2v) is 12.5. The van der Waals surface area contributed by atoms with Crippen LogP contribution in [0, 0.1) is 17.0 Å². The number of methoxy groups -OCH3 is 1. The molecule has 4 aliphatic rings. The minimum Gasteiger partial charge on any atom is -0.440 e. The zero-order valence-corrected chi connectivity index (χ0v) is 24.8. The molecule has 1 amide bonds. The highest BCUT2D eigenvalue weighted by Crippen LogP contribution is 2.61. The molecule has 3 aliphatic carbocycles. The number of fused-ring (bicyclic) bond motifs is 8. The summed E-state index contributed by atoms with van der Waals surface area (Å²) in [4.78, 5) is 28.9. The zero-order chi connectivity index (χ0) is 30.1. The Kier molecular flexibility index (Phi) is 8.86. The first-order valence-corrected chi connectivity index (χ1v) is 15.0. The molecule has 42 heavy (non-hydrogen) atoms. The first kappa shape index (κ1) is 30.4. The number of halogens is 2. The number of allylic oxidation sites excluding steroid dienone is 2. The van der Waals surface area contributed by atoms with Gasteiger partial charge in [0.15, 0.2) is 17.4 Å². The Labute approximate surface area is 246 Å². The maximum Gasteiger partial charge on any atom is 0.410 e. The molecular formula is C34H41F2NO5. The predicted octanol–water partition coefficient (Wildman–Crippen LogP) is 6.73. The van der Waals surface area contributed by atoms with Crippen molar-refractivity contribution in [3.63, 3.8) is 0 Å². The molecule has 1 heterocycles. The van der Waals surface area contributed by atoms with E-state index in [-0.39, 0.29) is 17.6 Å². The molecule has 2 bridgehead atoms. The fourth-order valence-electron chi connectivity index (χ4n) is 7.35. The molecule has 226 valence electrons. The Morgan fingerprint density at radius 2 is 1.95 bits per heavy atom. The summed E-state index contributed by atoms with van der Waals surface area (Å²) in [6, 6.07) is 8.95. The molecule has 2 aromatic carbocycles. The number of carbonyl (C=O) groups is 2. The maximum absolute atomic E-state index is 14.2. The summed E-state index contributed by atoms with van der Waals surface area (Å²) in [5.74, 6) is -2.60. The lowest BCUT2D eigenvalue weighted by molar-refractivity contribution is -0.0373. The van der Waals surface area contributed by atoms with Gasteiger partial charge in [0.25, 0.3) is 0 Å². The molecule has 1 N–H and O–H groups in total. The van der Waals surface area contributed by atoms with Gasteiger partial charge >= 0.3 is 6.09 Å². The van der Waals surface area contributed by atoms with Crippen LogP contribution in [-0.2, 0) is 15.9 Å². The smallest absolute Gasteiger partial charge is 0.410 e. The fourth-order valence-corrected chi connectivity index (χ4v) is 7.35. The van der Waals surface area contributed by atoms with Crippen molar-refractivity contribution in [2.75, 3.05) is 26.8 Å². The van der Waals surface area contributed by atoms with Gasteiger partial charge in [0.2, 0.25) is 0 Å². The number of carbonyl (C=O) groups excluding carboxylic acids is 2. The van der Waals surface area contributed by atoms with Crippen molar-refractivity contribution in [3.05, 3.63) is 81.9 Å². The van der Waals surface area contributed by atoms with E-state index in [9.17, 15) is 23.5 Å². The van der Waals surface area contributed by atoms with Gasteiger partial charge in [-0.25, -0.2) is 13.6 Å². The molecule has 4 atom stereocenters. The summed E-state index contributed by atoms with van der Waals surface area (Å²) in [6.45, 7) is 5.84. The zero-order valence-electron chi connectivity index (χ0n) is 24.8. The predicted molar refractivity (Wildman–Crippen MR) is 156 cm³/mol. The quantitative estimate of drug-likeness (QED) is 0.233. The van der Waals surface area contributed by atoms with Gasteiger partial charge in [-0.15, -0.1) is 0 Å². The van der Waals surface area contributed by atoms with Gasteiger partial charge in [-0.1, -0.05) is 30.7 Å². The lowest BCUT2D eigenvalue weighted by Gasteiger charge is -2.43. The molecule has 0 unspecified atom stereocenters. The molecule has 1 spiro atoms. The van der Waals surface area contributed by atoms with Crippen LogP contribution in [0.4, 0.5) is 13.6 Å². The number of aliphatic hydroxyl groups is 1. The normalized spacial score (nSPS) is 28.0. The molecule has 6 rings (SSSR count). The summed E-state index contributed by atoms with van der Waals surface area (Å²) >= 11 is 0. The van der Waals surface area contributed by atoms with E-state index in [4.69, 9.17) is 9.47 Å². The van der Waals surface area contributed by atoms with E-state index in [1.165, 1.54) is 11.6 Å². The maximum atomic E-state index is 14.2. The number of benzene rings is 2. The van der Waals surface area contributed by atoms with Crippen molar-refractivity contribution < 1.29 is 33.0 Å². The van der Waals surface area contributed by atoms with Crippen molar-refractivity contribution in [2.45, 2.75) is 82.8 Å². The van der Waals surface area contributed by atoms with Crippen molar-refractivity contribution in [2.24, 2.45) is 5.41 Å². The largest absolute Gasteiger partial charge is 0.440 e. The summed E-state index contributed by atoms with van der Waals surface area (Å²) < 4.78 is 39.5. The number of nitrogens with zero attached hydrogens (tertiary/aromatic N) is 1. The van der Waals surface area contributed by atoms with Crippen molar-refractivity contribution in [1.82, 2.24) is 4.90 Å². The first-order chi connectivity index (χ1) is 20.1. The number of aliphatic hydroxyl groups excluding tert-OH is 1. The van der Waals surface area contributed by atoms with Crippen LogP contribution < -0.4 is 0 Å². The van der Waals surface area contributed by atoms with E-state index >= 15 is 0 Å². The molecule has 0 aromatic heterocycles. The molecule has 1 saturated carbocycles. The minimum absolute atomic E-state index is 0.0681. The summed E-state index contributed by atoms with van der Waals surface area (Å²) in [7, 11) is 1.64. The summed E-state index contributed by atoms with van der Waals surface area (Å²) in [6.07, 6.45) is 6.63. The van der Waals surface area contributed by atoms with E-state index in [1.807, 2.05) is 12.1 Å². The van der Waals surface area contributed by atoms with E-state index in [1.54, 1.807) is 18.1 Å². The average Bonchev–Trinajstić information content (AvgIpc) is 3.43. The number of rotatable bonds is 6. The van der Waals surface area contributed by atoms with Gasteiger partial charge in [-0.2, -0.15) is 0 Å². The molecule has 6 nitrogen and oxygen atoms in total. The molecule has 0 radical (unpaired) electrons. The van der Waals surface area contributed by atoms with Gasteiger partial charge in [-0.05, 0) is 99.6 Å². The Morgan fingerprint density at radius 3 is 2.71 bits per heavy atom. The number of amides is 1. The lowest BCUT2D eigenvalue weighted by Crippen LogP contribution is -2.48. The molecule has 2 aromatic rings. The van der Waals surface area contributed by atoms with Crippen LogP contribution >= 0.6 is 0 Å². The second kappa shape index (κ2) is 12.3. The average molecular weight is 582 g/mol. The first-order valence-electron chi connectivity index (χ1n) is 15.0. The molecule has 1 saturated heterocycles. The number of ether oxygens (including phenoxy) is 2. The Bertz CT molecular complexity index is 1380. The van der Waals surface area contributed by atoms with Gasteiger partial charge in [0, 0.05) is 36.8 Å². The third-order valence-corrected chi connectivity index (χ3v) is 9.83. The van der Waals surface area contributed by atoms with Crippen LogP contribution in [0.5, 0.6) is 0 Å². The number of hydrogen-bond acceptors (Lipinski definition) is 5. The van der Waals surface area contributed by atoms with Crippen LogP contribution in [0.2, 0.25) is 0 Å². The molecular weight excluding hydrogens is 540 g/mol. The van der Waals surface area contributed by atoms with E-state index in [0.717, 1.165) is 42.5 Å². The summed E-state index contributed by atoms with van der Waals surface area (Å²) in [5, 5.41) is 10.8. The van der Waals surface area contributed by atoms with E-state index in [2.05, 4.69) is 19.9 Å². The second-order valence-electron chi connectivity index (χ2n) is 12.5.